The van der Waals surface area contributed by atoms with Gasteiger partial charge in [0.1, 0.15) is 0 Å². The van der Waals surface area contributed by atoms with Crippen molar-refractivity contribution in [1.82, 2.24) is 24.5 Å². The summed E-state index contributed by atoms with van der Waals surface area (Å²) in [5.74, 6) is 0.687. The van der Waals surface area contributed by atoms with Gasteiger partial charge in [0, 0.05) is 13.6 Å². The number of fused-ring (bicyclic) bond motifs is 3. The van der Waals surface area contributed by atoms with Crippen molar-refractivity contribution in [2.75, 3.05) is 12.8 Å². The Balaban J connectivity index is 2.21. The maximum atomic E-state index is 12.8. The van der Waals surface area contributed by atoms with E-state index >= 15 is 0 Å². The molecule has 0 spiro atoms. The van der Waals surface area contributed by atoms with Crippen molar-refractivity contribution >= 4 is 34.3 Å². The Kier molecular flexibility index (Phi) is 4.84. The zero-order valence-electron chi connectivity index (χ0n) is 13.7. The summed E-state index contributed by atoms with van der Waals surface area (Å²) >= 11 is 1.30. The van der Waals surface area contributed by atoms with E-state index in [1.807, 2.05) is 28.7 Å². The maximum Gasteiger partial charge on any atom is 0.262 e. The molecule has 24 heavy (non-hydrogen) atoms. The number of aromatic nitrogens is 4. The summed E-state index contributed by atoms with van der Waals surface area (Å²) in [5.41, 5.74) is 0.705. The molecule has 1 aromatic carbocycles. The minimum atomic E-state index is -0.0830. The molecule has 1 amide bonds. The zero-order chi connectivity index (χ0) is 17.1. The van der Waals surface area contributed by atoms with Crippen LogP contribution in [0.1, 0.15) is 19.8 Å². The van der Waals surface area contributed by atoms with Crippen molar-refractivity contribution in [1.29, 1.82) is 0 Å². The van der Waals surface area contributed by atoms with E-state index in [1.54, 1.807) is 11.6 Å². The lowest BCUT2D eigenvalue weighted by Gasteiger charge is -2.10. The van der Waals surface area contributed by atoms with E-state index in [2.05, 4.69) is 22.4 Å². The van der Waals surface area contributed by atoms with Gasteiger partial charge < -0.3 is 5.32 Å². The average molecular weight is 345 g/mol. The van der Waals surface area contributed by atoms with Crippen molar-refractivity contribution in [2.45, 2.75) is 31.5 Å². The number of carbonyl (C=O) groups excluding carboxylic acids is 1. The minimum Gasteiger partial charge on any atom is -0.358 e. The fourth-order valence-corrected chi connectivity index (χ4v) is 3.36. The molecule has 0 aliphatic rings. The van der Waals surface area contributed by atoms with E-state index in [0.717, 1.165) is 18.4 Å². The number of hydrogen-bond donors (Lipinski definition) is 1. The first kappa shape index (κ1) is 16.5. The quantitative estimate of drug-likeness (QED) is 0.688. The Morgan fingerprint density at radius 2 is 2.08 bits per heavy atom. The molecule has 0 aliphatic heterocycles. The highest BCUT2D eigenvalue weighted by atomic mass is 32.2. The molecule has 3 rings (SSSR count). The lowest BCUT2D eigenvalue weighted by Crippen LogP contribution is -2.23. The molecule has 8 heteroatoms. The van der Waals surface area contributed by atoms with Crippen LogP contribution in [-0.2, 0) is 11.3 Å². The van der Waals surface area contributed by atoms with Gasteiger partial charge in [-0.3, -0.25) is 18.6 Å². The Morgan fingerprint density at radius 1 is 1.29 bits per heavy atom. The summed E-state index contributed by atoms with van der Waals surface area (Å²) < 4.78 is 3.53. The van der Waals surface area contributed by atoms with Gasteiger partial charge in [0.05, 0.1) is 16.7 Å². The highest BCUT2D eigenvalue weighted by Crippen LogP contribution is 2.21. The van der Waals surface area contributed by atoms with Crippen LogP contribution >= 0.6 is 11.8 Å². The van der Waals surface area contributed by atoms with Crippen LogP contribution in [0.3, 0.4) is 0 Å². The van der Waals surface area contributed by atoms with Crippen LogP contribution in [0.25, 0.3) is 16.7 Å². The molecule has 0 unspecified atom stereocenters. The van der Waals surface area contributed by atoms with Gasteiger partial charge in [-0.2, -0.15) is 0 Å². The largest absolute Gasteiger partial charge is 0.358 e. The maximum absolute atomic E-state index is 12.8. The van der Waals surface area contributed by atoms with Gasteiger partial charge in [0.25, 0.3) is 5.56 Å². The summed E-state index contributed by atoms with van der Waals surface area (Å²) in [4.78, 5) is 24.3. The van der Waals surface area contributed by atoms with E-state index in [-0.39, 0.29) is 17.2 Å². The number of hydrogen-bond acceptors (Lipinski definition) is 5. The monoisotopic (exact) mass is 345 g/mol. The number of nitrogens with one attached hydrogen (secondary N) is 1. The van der Waals surface area contributed by atoms with Crippen LogP contribution in [-0.4, -0.2) is 37.9 Å². The third-order valence-corrected chi connectivity index (χ3v) is 4.75. The van der Waals surface area contributed by atoms with Crippen LogP contribution in [0.15, 0.2) is 34.2 Å². The fourth-order valence-electron chi connectivity index (χ4n) is 2.55. The van der Waals surface area contributed by atoms with Crippen LogP contribution < -0.4 is 10.9 Å². The standard InChI is InChI=1S/C16H19N5O2S/c1-3-4-9-20-14(23)11-7-5-6-8-12(11)21-15(20)18-19-16(21)24-10-13(22)17-2/h5-8H,3-4,9-10H2,1-2H3,(H,17,22). The molecule has 7 nitrogen and oxygen atoms in total. The van der Waals surface area contributed by atoms with Crippen molar-refractivity contribution < 1.29 is 4.79 Å². The summed E-state index contributed by atoms with van der Waals surface area (Å²) in [6.07, 6.45) is 1.87. The summed E-state index contributed by atoms with van der Waals surface area (Å²) in [7, 11) is 1.60. The minimum absolute atomic E-state index is 0.0539. The molecule has 0 saturated carbocycles. The van der Waals surface area contributed by atoms with Crippen molar-refractivity contribution in [2.24, 2.45) is 0 Å². The van der Waals surface area contributed by atoms with Crippen LogP contribution in [0, 0.1) is 0 Å². The fraction of sp³-hybridized carbons (Fsp3) is 0.375. The average Bonchev–Trinajstić information content (AvgIpc) is 3.03. The van der Waals surface area contributed by atoms with Crippen molar-refractivity contribution in [3.8, 4) is 0 Å². The molecule has 2 heterocycles. The van der Waals surface area contributed by atoms with Gasteiger partial charge >= 0.3 is 0 Å². The summed E-state index contributed by atoms with van der Waals surface area (Å²) in [5, 5.41) is 12.2. The van der Waals surface area contributed by atoms with Crippen molar-refractivity contribution in [3.05, 3.63) is 34.6 Å². The van der Waals surface area contributed by atoms with Crippen LogP contribution in [0.5, 0.6) is 0 Å². The summed E-state index contributed by atoms with van der Waals surface area (Å²) in [6.45, 7) is 2.68. The Morgan fingerprint density at radius 3 is 2.83 bits per heavy atom. The number of benzene rings is 1. The molecule has 0 aliphatic carbocycles. The second-order valence-corrected chi connectivity index (χ2v) is 6.35. The third-order valence-electron chi connectivity index (χ3n) is 3.82. The first-order chi connectivity index (χ1) is 11.7. The smallest absolute Gasteiger partial charge is 0.262 e. The molecular weight excluding hydrogens is 326 g/mol. The van der Waals surface area contributed by atoms with E-state index < -0.39 is 0 Å². The van der Waals surface area contributed by atoms with E-state index in [9.17, 15) is 9.59 Å². The number of nitrogens with zero attached hydrogens (tertiary/aromatic N) is 4. The van der Waals surface area contributed by atoms with Gasteiger partial charge in [-0.1, -0.05) is 37.2 Å². The Labute approximate surface area is 143 Å². The Bertz CT molecular complexity index is 947. The number of para-hydroxylation sites is 1. The number of amides is 1. The second-order valence-electron chi connectivity index (χ2n) is 5.41. The molecule has 1 N–H and O–H groups in total. The molecular formula is C16H19N5O2S. The normalized spacial score (nSPS) is 11.2. The molecule has 3 aromatic rings. The highest BCUT2D eigenvalue weighted by Gasteiger charge is 2.17. The van der Waals surface area contributed by atoms with E-state index in [4.69, 9.17) is 0 Å². The molecule has 0 radical (unpaired) electrons. The van der Waals surface area contributed by atoms with E-state index in [1.165, 1.54) is 11.8 Å². The zero-order valence-corrected chi connectivity index (χ0v) is 14.5. The van der Waals surface area contributed by atoms with Crippen LogP contribution in [0.4, 0.5) is 0 Å². The van der Waals surface area contributed by atoms with Crippen LogP contribution in [0.2, 0.25) is 0 Å². The van der Waals surface area contributed by atoms with Gasteiger partial charge in [-0.25, -0.2) is 0 Å². The predicted molar refractivity (Wildman–Crippen MR) is 94.5 cm³/mol. The van der Waals surface area contributed by atoms with Gasteiger partial charge in [-0.05, 0) is 18.6 Å². The number of unbranched alkanes of at least 4 members (excludes halogenated alkanes) is 1. The molecule has 126 valence electrons. The molecule has 0 saturated heterocycles. The number of carbonyl (C=O) groups is 1. The molecule has 0 fully saturated rings. The molecule has 2 aromatic heterocycles. The molecule has 0 bridgehead atoms. The summed E-state index contributed by atoms with van der Waals surface area (Å²) in [6, 6.07) is 7.42. The second kappa shape index (κ2) is 7.04. The SMILES string of the molecule is CCCCn1c(=O)c2ccccc2n2c(SCC(=O)NC)nnc12. The predicted octanol–water partition coefficient (Wildman–Crippen LogP) is 1.68. The van der Waals surface area contributed by atoms with Gasteiger partial charge in [-0.15, -0.1) is 10.2 Å². The molecule has 0 atom stereocenters. The first-order valence-electron chi connectivity index (χ1n) is 7.87. The van der Waals surface area contributed by atoms with Gasteiger partial charge in [0.15, 0.2) is 5.16 Å². The first-order valence-corrected chi connectivity index (χ1v) is 8.86. The van der Waals surface area contributed by atoms with E-state index in [0.29, 0.717) is 22.9 Å². The topological polar surface area (TPSA) is 81.3 Å². The van der Waals surface area contributed by atoms with Crippen molar-refractivity contribution in [3.63, 3.8) is 0 Å². The van der Waals surface area contributed by atoms with Gasteiger partial charge in [0.2, 0.25) is 11.7 Å². The third kappa shape index (κ3) is 2.89. The highest BCUT2D eigenvalue weighted by molar-refractivity contribution is 7.99. The number of aryl methyl sites for hydroxylation is 1. The number of thioether (sulfide) groups is 1. The number of rotatable bonds is 6. The lowest BCUT2D eigenvalue weighted by molar-refractivity contribution is -0.118. The Hall–Kier alpha value is -2.35. The lowest BCUT2D eigenvalue weighted by atomic mass is 10.2.